The van der Waals surface area contributed by atoms with Gasteiger partial charge in [0.25, 0.3) is 0 Å². The summed E-state index contributed by atoms with van der Waals surface area (Å²) in [5.41, 5.74) is -0.839. The summed E-state index contributed by atoms with van der Waals surface area (Å²) in [5.74, 6) is 0.148. The topological polar surface area (TPSA) is 70.7 Å². The van der Waals surface area contributed by atoms with Crippen molar-refractivity contribution in [3.8, 4) is 5.75 Å². The SMILES string of the molecule is O=C(NCCOc1ccccc1C(F)(F)F)NC1CCN(C(=O)C2CCCCC2)CC1. The molecule has 2 fully saturated rings. The molecule has 0 radical (unpaired) electrons. The molecule has 0 bridgehead atoms. The van der Waals surface area contributed by atoms with Crippen molar-refractivity contribution in [2.45, 2.75) is 57.2 Å². The lowest BCUT2D eigenvalue weighted by atomic mass is 9.87. The van der Waals surface area contributed by atoms with Crippen LogP contribution < -0.4 is 15.4 Å². The van der Waals surface area contributed by atoms with E-state index in [1.807, 2.05) is 4.90 Å². The van der Waals surface area contributed by atoms with Crippen molar-refractivity contribution in [1.29, 1.82) is 0 Å². The standard InChI is InChI=1S/C22H30F3N3O3/c23-22(24,25)18-8-4-5-9-19(18)31-15-12-26-21(30)27-17-10-13-28(14-11-17)20(29)16-6-2-1-3-7-16/h4-5,8-9,16-17H,1-3,6-7,10-15H2,(H2,26,27,30). The van der Waals surface area contributed by atoms with E-state index in [9.17, 15) is 22.8 Å². The molecular formula is C22H30F3N3O3. The van der Waals surface area contributed by atoms with Gasteiger partial charge >= 0.3 is 12.2 Å². The van der Waals surface area contributed by atoms with E-state index >= 15 is 0 Å². The molecule has 0 spiro atoms. The highest BCUT2D eigenvalue weighted by molar-refractivity contribution is 5.79. The number of hydrogen-bond acceptors (Lipinski definition) is 3. The number of likely N-dealkylation sites (tertiary alicyclic amines) is 1. The number of halogens is 3. The average molecular weight is 441 g/mol. The Labute approximate surface area is 180 Å². The third kappa shape index (κ3) is 6.77. The average Bonchev–Trinajstić information content (AvgIpc) is 2.77. The second-order valence-corrected chi connectivity index (χ2v) is 8.18. The maximum Gasteiger partial charge on any atom is 0.419 e. The maximum absolute atomic E-state index is 12.9. The van der Waals surface area contributed by atoms with E-state index in [1.165, 1.54) is 24.6 Å². The fraction of sp³-hybridized carbons (Fsp3) is 0.636. The largest absolute Gasteiger partial charge is 0.491 e. The number of benzene rings is 1. The van der Waals surface area contributed by atoms with Gasteiger partial charge in [0, 0.05) is 25.0 Å². The lowest BCUT2D eigenvalue weighted by molar-refractivity contribution is -0.139. The van der Waals surface area contributed by atoms with Gasteiger partial charge in [-0.15, -0.1) is 0 Å². The summed E-state index contributed by atoms with van der Waals surface area (Å²) >= 11 is 0. The molecule has 1 aromatic rings. The number of ether oxygens (including phenoxy) is 1. The molecule has 1 saturated heterocycles. The number of piperidine rings is 1. The second kappa shape index (κ2) is 10.7. The second-order valence-electron chi connectivity index (χ2n) is 8.18. The summed E-state index contributed by atoms with van der Waals surface area (Å²) in [7, 11) is 0. The molecule has 3 amide bonds. The highest BCUT2D eigenvalue weighted by Crippen LogP contribution is 2.35. The van der Waals surface area contributed by atoms with Gasteiger partial charge in [-0.1, -0.05) is 31.4 Å². The predicted molar refractivity (Wildman–Crippen MR) is 110 cm³/mol. The number of urea groups is 1. The molecule has 0 unspecified atom stereocenters. The molecular weight excluding hydrogens is 411 g/mol. The molecule has 1 aliphatic carbocycles. The Morgan fingerprint density at radius 1 is 1.03 bits per heavy atom. The summed E-state index contributed by atoms with van der Waals surface area (Å²) in [6.07, 6.45) is 2.33. The van der Waals surface area contributed by atoms with Crippen molar-refractivity contribution in [3.63, 3.8) is 0 Å². The van der Waals surface area contributed by atoms with Crippen LogP contribution in [0.3, 0.4) is 0 Å². The van der Waals surface area contributed by atoms with Crippen LogP contribution in [0.2, 0.25) is 0 Å². The van der Waals surface area contributed by atoms with Crippen LogP contribution in [-0.2, 0) is 11.0 Å². The molecule has 172 valence electrons. The molecule has 2 aliphatic rings. The first kappa shape index (κ1) is 23.2. The van der Waals surface area contributed by atoms with Crippen molar-refractivity contribution < 1.29 is 27.5 Å². The van der Waals surface area contributed by atoms with Crippen molar-refractivity contribution in [3.05, 3.63) is 29.8 Å². The van der Waals surface area contributed by atoms with Gasteiger partial charge in [0.15, 0.2) is 0 Å². The number of para-hydroxylation sites is 1. The number of amides is 3. The Morgan fingerprint density at radius 3 is 2.39 bits per heavy atom. The lowest BCUT2D eigenvalue weighted by Gasteiger charge is -2.35. The molecule has 0 aromatic heterocycles. The van der Waals surface area contributed by atoms with Crippen molar-refractivity contribution >= 4 is 11.9 Å². The van der Waals surface area contributed by atoms with Gasteiger partial charge in [-0.2, -0.15) is 13.2 Å². The number of nitrogens with one attached hydrogen (secondary N) is 2. The quantitative estimate of drug-likeness (QED) is 0.657. The Bertz CT molecular complexity index is 743. The van der Waals surface area contributed by atoms with Gasteiger partial charge in [0.1, 0.15) is 12.4 Å². The maximum atomic E-state index is 12.9. The van der Waals surface area contributed by atoms with Crippen LogP contribution in [0, 0.1) is 5.92 Å². The van der Waals surface area contributed by atoms with Gasteiger partial charge in [0.05, 0.1) is 12.1 Å². The van der Waals surface area contributed by atoms with Gasteiger partial charge in [-0.05, 0) is 37.8 Å². The zero-order chi connectivity index (χ0) is 22.3. The Hall–Kier alpha value is -2.45. The summed E-state index contributed by atoms with van der Waals surface area (Å²) < 4.78 is 44.0. The zero-order valence-electron chi connectivity index (χ0n) is 17.5. The summed E-state index contributed by atoms with van der Waals surface area (Å²) in [6.45, 7) is 1.28. The molecule has 0 atom stereocenters. The van der Waals surface area contributed by atoms with E-state index in [0.29, 0.717) is 25.9 Å². The van der Waals surface area contributed by atoms with Crippen LogP contribution in [0.15, 0.2) is 24.3 Å². The Morgan fingerprint density at radius 2 is 1.71 bits per heavy atom. The smallest absolute Gasteiger partial charge is 0.419 e. The Kier molecular flexibility index (Phi) is 8.03. The zero-order valence-corrected chi connectivity index (χ0v) is 17.5. The van der Waals surface area contributed by atoms with Gasteiger partial charge in [0.2, 0.25) is 5.91 Å². The fourth-order valence-corrected chi connectivity index (χ4v) is 4.24. The van der Waals surface area contributed by atoms with Gasteiger partial charge in [-0.3, -0.25) is 4.79 Å². The number of rotatable bonds is 6. The molecule has 1 aliphatic heterocycles. The molecule has 2 N–H and O–H groups in total. The van der Waals surface area contributed by atoms with Crippen molar-refractivity contribution in [2.24, 2.45) is 5.92 Å². The molecule has 6 nitrogen and oxygen atoms in total. The van der Waals surface area contributed by atoms with Gasteiger partial charge < -0.3 is 20.3 Å². The number of alkyl halides is 3. The first-order valence-corrected chi connectivity index (χ1v) is 11.0. The van der Waals surface area contributed by atoms with Gasteiger partial charge in [-0.25, -0.2) is 4.79 Å². The first-order valence-electron chi connectivity index (χ1n) is 11.0. The summed E-state index contributed by atoms with van der Waals surface area (Å²) in [6, 6.07) is 4.57. The predicted octanol–water partition coefficient (Wildman–Crippen LogP) is 3.95. The van der Waals surface area contributed by atoms with Crippen LogP contribution in [0.25, 0.3) is 0 Å². The number of carbonyl (C=O) groups is 2. The van der Waals surface area contributed by atoms with Crippen LogP contribution >= 0.6 is 0 Å². The van der Waals surface area contributed by atoms with E-state index in [-0.39, 0.29) is 42.8 Å². The Balaban J connectivity index is 1.34. The van der Waals surface area contributed by atoms with Crippen LogP contribution in [0.4, 0.5) is 18.0 Å². The molecule has 31 heavy (non-hydrogen) atoms. The summed E-state index contributed by atoms with van der Waals surface area (Å²) in [5, 5.41) is 5.48. The van der Waals surface area contributed by atoms with E-state index in [0.717, 1.165) is 31.7 Å². The molecule has 1 aromatic carbocycles. The fourth-order valence-electron chi connectivity index (χ4n) is 4.24. The number of hydrogen-bond donors (Lipinski definition) is 2. The van der Waals surface area contributed by atoms with Crippen LogP contribution in [0.1, 0.15) is 50.5 Å². The first-order chi connectivity index (χ1) is 14.8. The molecule has 1 heterocycles. The minimum atomic E-state index is -4.49. The lowest BCUT2D eigenvalue weighted by Crippen LogP contribution is -2.50. The minimum absolute atomic E-state index is 0.0257. The van der Waals surface area contributed by atoms with Crippen LogP contribution in [0.5, 0.6) is 5.75 Å². The number of nitrogens with zero attached hydrogens (tertiary/aromatic N) is 1. The third-order valence-corrected chi connectivity index (χ3v) is 5.93. The number of carbonyl (C=O) groups excluding carboxylic acids is 2. The van der Waals surface area contributed by atoms with Crippen LogP contribution in [-0.4, -0.2) is 49.1 Å². The molecule has 3 rings (SSSR count). The van der Waals surface area contributed by atoms with E-state index in [2.05, 4.69) is 10.6 Å². The van der Waals surface area contributed by atoms with E-state index in [1.54, 1.807) is 0 Å². The monoisotopic (exact) mass is 441 g/mol. The van der Waals surface area contributed by atoms with E-state index in [4.69, 9.17) is 4.74 Å². The minimum Gasteiger partial charge on any atom is -0.491 e. The normalized spacial score (nSPS) is 18.5. The van der Waals surface area contributed by atoms with E-state index < -0.39 is 11.7 Å². The molecule has 1 saturated carbocycles. The third-order valence-electron chi connectivity index (χ3n) is 5.93. The van der Waals surface area contributed by atoms with Crippen molar-refractivity contribution in [1.82, 2.24) is 15.5 Å². The van der Waals surface area contributed by atoms with Crippen molar-refractivity contribution in [2.75, 3.05) is 26.2 Å². The highest BCUT2D eigenvalue weighted by Gasteiger charge is 2.34. The summed E-state index contributed by atoms with van der Waals surface area (Å²) in [4.78, 5) is 26.6. The molecule has 9 heteroatoms. The highest BCUT2D eigenvalue weighted by atomic mass is 19.4.